The number of thiophene rings is 1. The van der Waals surface area contributed by atoms with Gasteiger partial charge in [-0.05, 0) is 29.6 Å². The van der Waals surface area contributed by atoms with Crippen molar-refractivity contribution in [3.63, 3.8) is 0 Å². The Morgan fingerprint density at radius 1 is 0.938 bits per heavy atom. The lowest BCUT2D eigenvalue weighted by atomic mass is 10.2. The first kappa shape index (κ1) is 20.8. The molecule has 0 saturated heterocycles. The number of rotatable bonds is 6. The van der Waals surface area contributed by atoms with E-state index in [1.54, 1.807) is 34.9 Å². The number of thiazole rings is 1. The Kier molecular flexibility index (Phi) is 5.98. The summed E-state index contributed by atoms with van der Waals surface area (Å²) >= 11 is 4.74. The molecular formula is C24H18N4OS3. The Bertz CT molecular complexity index is 1370. The molecule has 32 heavy (non-hydrogen) atoms. The minimum Gasteiger partial charge on any atom is -0.274 e. The number of para-hydroxylation sites is 2. The number of amides is 1. The maximum atomic E-state index is 12.3. The minimum absolute atomic E-state index is 0.0628. The predicted octanol–water partition coefficient (Wildman–Crippen LogP) is 6.79. The third-order valence-corrected chi connectivity index (χ3v) is 7.49. The Morgan fingerprint density at radius 3 is 2.53 bits per heavy atom. The van der Waals surface area contributed by atoms with E-state index < -0.39 is 0 Å². The number of carbonyl (C=O) groups excluding carboxylic acids is 1. The Labute approximate surface area is 197 Å². The molecule has 0 unspecified atom stereocenters. The first-order chi connectivity index (χ1) is 15.7. The molecule has 5 aromatic rings. The van der Waals surface area contributed by atoms with Gasteiger partial charge in [-0.25, -0.2) is 15.0 Å². The smallest absolute Gasteiger partial charge is 0.230 e. The van der Waals surface area contributed by atoms with Crippen molar-refractivity contribution in [1.29, 1.82) is 0 Å². The van der Waals surface area contributed by atoms with Crippen LogP contribution in [0.1, 0.15) is 12.6 Å². The van der Waals surface area contributed by atoms with Crippen molar-refractivity contribution >= 4 is 62.1 Å². The van der Waals surface area contributed by atoms with Gasteiger partial charge in [0.15, 0.2) is 11.0 Å². The molecule has 3 aromatic heterocycles. The van der Waals surface area contributed by atoms with E-state index in [0.717, 1.165) is 38.0 Å². The average molecular weight is 475 g/mol. The zero-order valence-corrected chi connectivity index (χ0v) is 19.6. The molecule has 0 aliphatic heterocycles. The molecular weight excluding hydrogens is 456 g/mol. The molecule has 0 N–H and O–H groups in total. The Balaban J connectivity index is 1.42. The van der Waals surface area contributed by atoms with Crippen LogP contribution in [-0.4, -0.2) is 20.9 Å². The molecule has 0 radical (unpaired) electrons. The molecule has 5 nitrogen and oxygen atoms in total. The van der Waals surface area contributed by atoms with E-state index in [1.165, 1.54) is 11.3 Å². The van der Waals surface area contributed by atoms with Gasteiger partial charge in [0.2, 0.25) is 5.91 Å². The van der Waals surface area contributed by atoms with Gasteiger partial charge in [-0.2, -0.15) is 0 Å². The molecule has 0 saturated carbocycles. The monoisotopic (exact) mass is 474 g/mol. The van der Waals surface area contributed by atoms with Gasteiger partial charge in [0.25, 0.3) is 0 Å². The lowest BCUT2D eigenvalue weighted by Gasteiger charge is -2.17. The summed E-state index contributed by atoms with van der Waals surface area (Å²) in [5.41, 5.74) is 2.66. The van der Waals surface area contributed by atoms with Gasteiger partial charge in [0.05, 0.1) is 21.8 Å². The number of aromatic nitrogens is 3. The zero-order valence-electron chi connectivity index (χ0n) is 17.1. The van der Waals surface area contributed by atoms with Gasteiger partial charge in [-0.1, -0.05) is 54.2 Å². The summed E-state index contributed by atoms with van der Waals surface area (Å²) < 4.78 is 0. The Morgan fingerprint density at radius 2 is 1.75 bits per heavy atom. The highest BCUT2D eigenvalue weighted by molar-refractivity contribution is 7.98. The summed E-state index contributed by atoms with van der Waals surface area (Å²) in [6, 6.07) is 21.7. The normalized spacial score (nSPS) is 11.0. The lowest BCUT2D eigenvalue weighted by Crippen LogP contribution is -2.22. The standard InChI is InChI=1S/C24H18N4OS3/c1-16(29)28(18-8-3-2-4-9-18)24-25-17(15-32-24)14-31-23-19-10-5-6-11-20(19)26-22(27-23)21-12-7-13-30-21/h2-13,15H,14H2,1H3. The molecule has 0 aliphatic rings. The maximum absolute atomic E-state index is 12.3. The highest BCUT2D eigenvalue weighted by Crippen LogP contribution is 2.34. The second-order valence-electron chi connectivity index (χ2n) is 6.95. The van der Waals surface area contributed by atoms with Gasteiger partial charge in [-0.3, -0.25) is 9.69 Å². The van der Waals surface area contributed by atoms with E-state index in [4.69, 9.17) is 15.0 Å². The summed E-state index contributed by atoms with van der Waals surface area (Å²) in [5, 5.41) is 6.67. The third-order valence-electron chi connectivity index (χ3n) is 4.73. The second-order valence-corrected chi connectivity index (χ2v) is 9.70. The zero-order chi connectivity index (χ0) is 21.9. The van der Waals surface area contributed by atoms with Crippen LogP contribution in [0.3, 0.4) is 0 Å². The van der Waals surface area contributed by atoms with Crippen molar-refractivity contribution in [1.82, 2.24) is 15.0 Å². The molecule has 0 aliphatic carbocycles. The number of benzene rings is 2. The first-order valence-corrected chi connectivity index (χ1v) is 12.7. The van der Waals surface area contributed by atoms with Crippen LogP contribution in [0.25, 0.3) is 21.6 Å². The summed E-state index contributed by atoms with van der Waals surface area (Å²) in [6.45, 7) is 1.56. The number of fused-ring (bicyclic) bond motifs is 1. The fourth-order valence-electron chi connectivity index (χ4n) is 3.29. The van der Waals surface area contributed by atoms with Crippen molar-refractivity contribution in [2.24, 2.45) is 0 Å². The van der Waals surface area contributed by atoms with Gasteiger partial charge in [0.1, 0.15) is 5.03 Å². The maximum Gasteiger partial charge on any atom is 0.230 e. The summed E-state index contributed by atoms with van der Waals surface area (Å²) in [6.07, 6.45) is 0. The van der Waals surface area contributed by atoms with Crippen molar-refractivity contribution in [2.75, 3.05) is 4.90 Å². The predicted molar refractivity (Wildman–Crippen MR) is 134 cm³/mol. The van der Waals surface area contributed by atoms with Crippen LogP contribution in [0.4, 0.5) is 10.8 Å². The SMILES string of the molecule is CC(=O)N(c1ccccc1)c1nc(CSc2nc(-c3cccs3)nc3ccccc23)cs1. The van der Waals surface area contributed by atoms with Crippen LogP contribution in [0.5, 0.6) is 0 Å². The molecule has 158 valence electrons. The van der Waals surface area contributed by atoms with Crippen LogP contribution < -0.4 is 4.90 Å². The van der Waals surface area contributed by atoms with Crippen molar-refractivity contribution < 1.29 is 4.79 Å². The van der Waals surface area contributed by atoms with E-state index in [0.29, 0.717) is 10.9 Å². The average Bonchev–Trinajstić information content (AvgIpc) is 3.51. The van der Waals surface area contributed by atoms with E-state index in [-0.39, 0.29) is 5.91 Å². The van der Waals surface area contributed by atoms with E-state index in [1.807, 2.05) is 71.4 Å². The lowest BCUT2D eigenvalue weighted by molar-refractivity contribution is -0.115. The summed E-state index contributed by atoms with van der Waals surface area (Å²) in [5.74, 6) is 1.33. The fourth-order valence-corrected chi connectivity index (χ4v) is 5.85. The van der Waals surface area contributed by atoms with Crippen molar-refractivity contribution in [2.45, 2.75) is 17.7 Å². The molecule has 0 bridgehead atoms. The van der Waals surface area contributed by atoms with Gasteiger partial charge in [-0.15, -0.1) is 22.7 Å². The molecule has 0 spiro atoms. The van der Waals surface area contributed by atoms with Crippen LogP contribution in [0.2, 0.25) is 0 Å². The van der Waals surface area contributed by atoms with E-state index >= 15 is 0 Å². The number of carbonyl (C=O) groups is 1. The van der Waals surface area contributed by atoms with Crippen molar-refractivity contribution in [3.05, 3.63) is 83.2 Å². The van der Waals surface area contributed by atoms with Crippen molar-refractivity contribution in [3.8, 4) is 10.7 Å². The molecule has 0 fully saturated rings. The molecule has 2 aromatic carbocycles. The number of nitrogens with zero attached hydrogens (tertiary/aromatic N) is 4. The molecule has 5 rings (SSSR count). The fraction of sp³-hybridized carbons (Fsp3) is 0.0833. The molecule has 1 amide bonds. The topological polar surface area (TPSA) is 59.0 Å². The quantitative estimate of drug-likeness (QED) is 0.200. The van der Waals surface area contributed by atoms with E-state index in [2.05, 4.69) is 6.07 Å². The van der Waals surface area contributed by atoms with Crippen LogP contribution in [-0.2, 0) is 10.5 Å². The second kappa shape index (κ2) is 9.20. The number of hydrogen-bond acceptors (Lipinski definition) is 7. The first-order valence-electron chi connectivity index (χ1n) is 9.92. The minimum atomic E-state index is -0.0628. The highest BCUT2D eigenvalue weighted by Gasteiger charge is 2.18. The number of hydrogen-bond donors (Lipinski definition) is 0. The summed E-state index contributed by atoms with van der Waals surface area (Å²) in [7, 11) is 0. The summed E-state index contributed by atoms with van der Waals surface area (Å²) in [4.78, 5) is 29.3. The van der Waals surface area contributed by atoms with Gasteiger partial charge in [0, 0.05) is 23.4 Å². The molecule has 8 heteroatoms. The highest BCUT2D eigenvalue weighted by atomic mass is 32.2. The largest absolute Gasteiger partial charge is 0.274 e. The number of anilines is 2. The van der Waals surface area contributed by atoms with E-state index in [9.17, 15) is 4.79 Å². The van der Waals surface area contributed by atoms with Crippen LogP contribution in [0, 0.1) is 0 Å². The Hall–Kier alpha value is -3.07. The number of thioether (sulfide) groups is 1. The molecule has 0 atom stereocenters. The van der Waals surface area contributed by atoms with Gasteiger partial charge < -0.3 is 0 Å². The van der Waals surface area contributed by atoms with Crippen LogP contribution in [0.15, 0.2) is 82.5 Å². The third kappa shape index (κ3) is 4.29. The molecule has 3 heterocycles. The van der Waals surface area contributed by atoms with Crippen LogP contribution >= 0.6 is 34.4 Å². The van der Waals surface area contributed by atoms with Gasteiger partial charge >= 0.3 is 0 Å².